The molecule has 0 bridgehead atoms. The minimum absolute atomic E-state index is 0.897. The standard InChI is InChI=1S/C17H21N2/c1-19(15-17-10-6-3-7-11-17)13-12-18-14-16-8-4-2-5-9-16/h2-11,18H,1,12-15H2/q-1. The van der Waals surface area contributed by atoms with Crippen molar-refractivity contribution in [2.24, 2.45) is 0 Å². The van der Waals surface area contributed by atoms with Gasteiger partial charge < -0.3 is 10.2 Å². The molecule has 0 atom stereocenters. The van der Waals surface area contributed by atoms with E-state index in [9.17, 15) is 0 Å². The first-order valence-corrected chi connectivity index (χ1v) is 6.68. The number of benzene rings is 2. The van der Waals surface area contributed by atoms with Gasteiger partial charge >= 0.3 is 0 Å². The number of nitrogens with one attached hydrogen (secondary N) is 1. The minimum Gasteiger partial charge on any atom is -0.454 e. The fourth-order valence-electron chi connectivity index (χ4n) is 1.99. The first-order chi connectivity index (χ1) is 9.34. The SMILES string of the molecule is [CH2-]N(CCNCc1ccccc1)Cc1ccccc1. The molecule has 0 aliphatic heterocycles. The molecule has 2 aromatic carbocycles. The first kappa shape index (κ1) is 13.8. The highest BCUT2D eigenvalue weighted by molar-refractivity contribution is 5.15. The summed E-state index contributed by atoms with van der Waals surface area (Å²) in [6, 6.07) is 20.9. The second kappa shape index (κ2) is 7.72. The van der Waals surface area contributed by atoms with Crippen molar-refractivity contribution in [3.8, 4) is 0 Å². The molecule has 0 amide bonds. The highest BCUT2D eigenvalue weighted by Gasteiger charge is 1.95. The summed E-state index contributed by atoms with van der Waals surface area (Å²) in [5, 5.41) is 3.44. The van der Waals surface area contributed by atoms with Gasteiger partial charge in [0.2, 0.25) is 0 Å². The van der Waals surface area contributed by atoms with E-state index in [-0.39, 0.29) is 0 Å². The molecule has 0 aliphatic carbocycles. The van der Waals surface area contributed by atoms with E-state index >= 15 is 0 Å². The predicted molar refractivity (Wildman–Crippen MR) is 80.4 cm³/mol. The summed E-state index contributed by atoms with van der Waals surface area (Å²) in [5.41, 5.74) is 2.63. The van der Waals surface area contributed by atoms with Crippen molar-refractivity contribution in [1.29, 1.82) is 0 Å². The van der Waals surface area contributed by atoms with E-state index < -0.39 is 0 Å². The number of nitrogens with zero attached hydrogens (tertiary/aromatic N) is 1. The Morgan fingerprint density at radius 1 is 0.842 bits per heavy atom. The summed E-state index contributed by atoms with van der Waals surface area (Å²) >= 11 is 0. The Morgan fingerprint density at radius 3 is 2.05 bits per heavy atom. The van der Waals surface area contributed by atoms with E-state index in [0.29, 0.717) is 0 Å². The Bertz CT molecular complexity index is 453. The molecule has 2 aromatic rings. The largest absolute Gasteiger partial charge is 0.454 e. The van der Waals surface area contributed by atoms with Crippen LogP contribution < -0.4 is 5.32 Å². The number of rotatable bonds is 7. The number of hydrogen-bond acceptors (Lipinski definition) is 2. The zero-order chi connectivity index (χ0) is 13.3. The van der Waals surface area contributed by atoms with E-state index in [0.717, 1.165) is 26.2 Å². The highest BCUT2D eigenvalue weighted by Crippen LogP contribution is 2.02. The van der Waals surface area contributed by atoms with Crippen LogP contribution in [0.2, 0.25) is 0 Å². The Hall–Kier alpha value is -1.64. The molecular formula is C17H21N2-. The van der Waals surface area contributed by atoms with Crippen LogP contribution in [0.15, 0.2) is 60.7 Å². The molecule has 0 spiro atoms. The molecule has 2 heteroatoms. The van der Waals surface area contributed by atoms with Crippen molar-refractivity contribution >= 4 is 0 Å². The summed E-state index contributed by atoms with van der Waals surface area (Å²) in [6.45, 7) is 3.71. The van der Waals surface area contributed by atoms with Gasteiger partial charge in [0.05, 0.1) is 0 Å². The van der Waals surface area contributed by atoms with Crippen LogP contribution in [0.5, 0.6) is 0 Å². The Labute approximate surface area is 116 Å². The maximum atomic E-state index is 4.07. The maximum Gasteiger partial charge on any atom is 0.0206 e. The summed E-state index contributed by atoms with van der Waals surface area (Å²) in [6.07, 6.45) is 0. The summed E-state index contributed by atoms with van der Waals surface area (Å²) in [7, 11) is 4.07. The van der Waals surface area contributed by atoms with Gasteiger partial charge in [-0.3, -0.25) is 7.05 Å². The number of hydrogen-bond donors (Lipinski definition) is 1. The Morgan fingerprint density at radius 2 is 1.42 bits per heavy atom. The molecule has 0 aromatic heterocycles. The minimum atomic E-state index is 0.897. The van der Waals surface area contributed by atoms with Crippen molar-refractivity contribution in [2.45, 2.75) is 13.1 Å². The first-order valence-electron chi connectivity index (χ1n) is 6.68. The van der Waals surface area contributed by atoms with Crippen LogP contribution in [-0.4, -0.2) is 18.0 Å². The van der Waals surface area contributed by atoms with Gasteiger partial charge in [0.15, 0.2) is 0 Å². The molecule has 0 saturated heterocycles. The third-order valence-electron chi connectivity index (χ3n) is 3.03. The molecule has 100 valence electrons. The van der Waals surface area contributed by atoms with E-state index in [1.165, 1.54) is 11.1 Å². The van der Waals surface area contributed by atoms with Crippen molar-refractivity contribution in [3.05, 3.63) is 78.8 Å². The molecule has 2 nitrogen and oxygen atoms in total. The lowest BCUT2D eigenvalue weighted by molar-refractivity contribution is 0.358. The average molecular weight is 253 g/mol. The van der Waals surface area contributed by atoms with Gasteiger partial charge in [0.1, 0.15) is 0 Å². The van der Waals surface area contributed by atoms with Gasteiger partial charge in [-0.2, -0.15) is 0 Å². The van der Waals surface area contributed by atoms with E-state index in [4.69, 9.17) is 0 Å². The summed E-state index contributed by atoms with van der Waals surface area (Å²) < 4.78 is 0. The van der Waals surface area contributed by atoms with E-state index in [2.05, 4.69) is 65.8 Å². The van der Waals surface area contributed by atoms with Gasteiger partial charge in [-0.15, -0.1) is 0 Å². The quantitative estimate of drug-likeness (QED) is 0.602. The highest BCUT2D eigenvalue weighted by atomic mass is 15.1. The molecule has 2 rings (SSSR count). The van der Waals surface area contributed by atoms with Crippen molar-refractivity contribution in [2.75, 3.05) is 13.1 Å². The second-order valence-corrected chi connectivity index (χ2v) is 4.70. The van der Waals surface area contributed by atoms with Crippen LogP contribution in [0.4, 0.5) is 0 Å². The molecule has 0 saturated carbocycles. The Kier molecular flexibility index (Phi) is 5.60. The van der Waals surface area contributed by atoms with Gasteiger partial charge in [-0.05, 0) is 24.2 Å². The van der Waals surface area contributed by atoms with Gasteiger partial charge in [-0.1, -0.05) is 60.7 Å². The molecule has 0 fully saturated rings. The van der Waals surface area contributed by atoms with Crippen LogP contribution in [0.1, 0.15) is 11.1 Å². The topological polar surface area (TPSA) is 15.3 Å². The predicted octanol–water partition coefficient (Wildman–Crippen LogP) is 3.07. The average Bonchev–Trinajstić information content (AvgIpc) is 2.46. The zero-order valence-electron chi connectivity index (χ0n) is 11.3. The Balaban J connectivity index is 1.63. The van der Waals surface area contributed by atoms with Crippen LogP contribution in [0, 0.1) is 7.05 Å². The molecular weight excluding hydrogens is 232 g/mol. The smallest absolute Gasteiger partial charge is 0.0206 e. The molecule has 1 N–H and O–H groups in total. The van der Waals surface area contributed by atoms with Crippen LogP contribution in [-0.2, 0) is 13.1 Å². The lowest BCUT2D eigenvalue weighted by Gasteiger charge is -2.25. The lowest BCUT2D eigenvalue weighted by Crippen LogP contribution is -2.27. The second-order valence-electron chi connectivity index (χ2n) is 4.70. The van der Waals surface area contributed by atoms with Crippen molar-refractivity contribution in [1.82, 2.24) is 10.2 Å². The molecule has 0 unspecified atom stereocenters. The normalized spacial score (nSPS) is 10.8. The lowest BCUT2D eigenvalue weighted by atomic mass is 10.2. The summed E-state index contributed by atoms with van der Waals surface area (Å²) in [4.78, 5) is 2.09. The van der Waals surface area contributed by atoms with Crippen LogP contribution >= 0.6 is 0 Å². The monoisotopic (exact) mass is 253 g/mol. The summed E-state index contributed by atoms with van der Waals surface area (Å²) in [5.74, 6) is 0. The van der Waals surface area contributed by atoms with Gasteiger partial charge in [0.25, 0.3) is 0 Å². The van der Waals surface area contributed by atoms with Crippen LogP contribution in [0.3, 0.4) is 0 Å². The molecule has 0 aliphatic rings. The van der Waals surface area contributed by atoms with E-state index in [1.54, 1.807) is 0 Å². The third kappa shape index (κ3) is 5.25. The molecule has 0 radical (unpaired) electrons. The maximum absolute atomic E-state index is 4.07. The zero-order valence-corrected chi connectivity index (χ0v) is 11.3. The van der Waals surface area contributed by atoms with Gasteiger partial charge in [0, 0.05) is 13.1 Å². The van der Waals surface area contributed by atoms with E-state index in [1.807, 2.05) is 12.1 Å². The fourth-order valence-corrected chi connectivity index (χ4v) is 1.99. The third-order valence-corrected chi connectivity index (χ3v) is 3.03. The van der Waals surface area contributed by atoms with Crippen LogP contribution in [0.25, 0.3) is 0 Å². The fraction of sp³-hybridized carbons (Fsp3) is 0.235. The molecule has 0 heterocycles. The van der Waals surface area contributed by atoms with Crippen molar-refractivity contribution in [3.63, 3.8) is 0 Å². The van der Waals surface area contributed by atoms with Gasteiger partial charge in [-0.25, -0.2) is 0 Å². The molecule has 19 heavy (non-hydrogen) atoms. The van der Waals surface area contributed by atoms with Crippen molar-refractivity contribution < 1.29 is 0 Å².